The van der Waals surface area contributed by atoms with Gasteiger partial charge in [-0.1, -0.05) is 6.92 Å². The molecule has 1 aromatic heterocycles. The highest BCUT2D eigenvalue weighted by Crippen LogP contribution is 2.06. The van der Waals surface area contributed by atoms with E-state index < -0.39 is 5.54 Å². The summed E-state index contributed by atoms with van der Waals surface area (Å²) in [5.41, 5.74) is -0.536. The lowest BCUT2D eigenvalue weighted by Gasteiger charge is -2.26. The van der Waals surface area contributed by atoms with Gasteiger partial charge in [0.2, 0.25) is 5.91 Å². The van der Waals surface area contributed by atoms with Gasteiger partial charge in [0.15, 0.2) is 0 Å². The van der Waals surface area contributed by atoms with Crippen LogP contribution in [0.5, 0.6) is 0 Å². The third kappa shape index (κ3) is 4.23. The average molecular weight is 238 g/mol. The molecule has 0 spiro atoms. The Balaban J connectivity index is 2.45. The summed E-state index contributed by atoms with van der Waals surface area (Å²) in [6.07, 6.45) is 2.35. The van der Waals surface area contributed by atoms with E-state index in [4.69, 9.17) is 4.42 Å². The molecule has 0 aliphatic heterocycles. The normalized spacial score (nSPS) is 13.4. The number of amides is 1. The summed E-state index contributed by atoms with van der Waals surface area (Å²) >= 11 is 0. The van der Waals surface area contributed by atoms with E-state index in [-0.39, 0.29) is 11.9 Å². The number of rotatable bonds is 6. The second-order valence-electron chi connectivity index (χ2n) is 4.81. The first-order valence-electron chi connectivity index (χ1n) is 6.04. The average Bonchev–Trinajstić information content (AvgIpc) is 2.69. The molecule has 1 unspecified atom stereocenters. The van der Waals surface area contributed by atoms with Crippen LogP contribution in [0.3, 0.4) is 0 Å². The Labute approximate surface area is 103 Å². The molecule has 1 aromatic rings. The molecule has 0 aliphatic carbocycles. The fourth-order valence-corrected chi connectivity index (χ4v) is 1.71. The van der Waals surface area contributed by atoms with Gasteiger partial charge in [-0.2, -0.15) is 0 Å². The summed E-state index contributed by atoms with van der Waals surface area (Å²) in [4.78, 5) is 12.0. The summed E-state index contributed by atoms with van der Waals surface area (Å²) < 4.78 is 5.25. The topological polar surface area (TPSA) is 54.3 Å². The predicted molar refractivity (Wildman–Crippen MR) is 67.8 cm³/mol. The second kappa shape index (κ2) is 5.87. The Hall–Kier alpha value is -1.29. The summed E-state index contributed by atoms with van der Waals surface area (Å²) in [6.45, 7) is 8.49. The van der Waals surface area contributed by atoms with Crippen molar-refractivity contribution in [1.29, 1.82) is 0 Å². The van der Waals surface area contributed by atoms with Crippen molar-refractivity contribution in [3.05, 3.63) is 24.2 Å². The molecule has 0 aliphatic rings. The van der Waals surface area contributed by atoms with Crippen molar-refractivity contribution in [3.8, 4) is 0 Å². The Morgan fingerprint density at radius 2 is 2.24 bits per heavy atom. The van der Waals surface area contributed by atoms with E-state index in [1.54, 1.807) is 6.26 Å². The van der Waals surface area contributed by atoms with Crippen molar-refractivity contribution >= 4 is 5.91 Å². The Morgan fingerprint density at radius 1 is 1.53 bits per heavy atom. The van der Waals surface area contributed by atoms with Gasteiger partial charge >= 0.3 is 0 Å². The van der Waals surface area contributed by atoms with E-state index in [0.29, 0.717) is 6.42 Å². The predicted octanol–water partition coefficient (Wildman–Crippen LogP) is 1.71. The van der Waals surface area contributed by atoms with Gasteiger partial charge in [-0.15, -0.1) is 0 Å². The highest BCUT2D eigenvalue weighted by atomic mass is 16.3. The zero-order valence-electron chi connectivity index (χ0n) is 11.0. The van der Waals surface area contributed by atoms with E-state index in [1.165, 1.54) is 0 Å². The molecule has 1 atom stereocenters. The molecule has 0 radical (unpaired) electrons. The fourth-order valence-electron chi connectivity index (χ4n) is 1.71. The largest absolute Gasteiger partial charge is 0.469 e. The number of hydrogen-bond donors (Lipinski definition) is 2. The Bertz CT molecular complexity index is 344. The van der Waals surface area contributed by atoms with Gasteiger partial charge in [0.05, 0.1) is 11.8 Å². The first-order chi connectivity index (χ1) is 7.95. The van der Waals surface area contributed by atoms with Crippen LogP contribution >= 0.6 is 0 Å². The standard InChI is InChI=1S/C13H22N2O2/c1-5-14-13(3,4)12(16)15-10(2)9-11-7-6-8-17-11/h6-8,10,14H,5,9H2,1-4H3,(H,15,16). The highest BCUT2D eigenvalue weighted by molar-refractivity contribution is 5.85. The summed E-state index contributed by atoms with van der Waals surface area (Å²) in [7, 11) is 0. The van der Waals surface area contributed by atoms with Gasteiger partial charge < -0.3 is 15.1 Å². The number of likely N-dealkylation sites (N-methyl/N-ethyl adjacent to an activating group) is 1. The van der Waals surface area contributed by atoms with Crippen molar-refractivity contribution in [2.75, 3.05) is 6.54 Å². The maximum atomic E-state index is 12.0. The summed E-state index contributed by atoms with van der Waals surface area (Å²) in [6, 6.07) is 3.83. The lowest BCUT2D eigenvalue weighted by atomic mass is 10.0. The van der Waals surface area contributed by atoms with Gasteiger partial charge in [-0.3, -0.25) is 4.79 Å². The molecule has 4 heteroatoms. The monoisotopic (exact) mass is 238 g/mol. The lowest BCUT2D eigenvalue weighted by molar-refractivity contribution is -0.127. The minimum Gasteiger partial charge on any atom is -0.469 e. The van der Waals surface area contributed by atoms with Crippen LogP contribution in [0.25, 0.3) is 0 Å². The van der Waals surface area contributed by atoms with E-state index in [2.05, 4.69) is 10.6 Å². The van der Waals surface area contributed by atoms with Crippen molar-refractivity contribution in [3.63, 3.8) is 0 Å². The quantitative estimate of drug-likeness (QED) is 0.793. The molecule has 4 nitrogen and oxygen atoms in total. The zero-order chi connectivity index (χ0) is 12.9. The molecule has 0 fully saturated rings. The Kier molecular flexibility index (Phi) is 4.75. The van der Waals surface area contributed by atoms with E-state index in [0.717, 1.165) is 12.3 Å². The van der Waals surface area contributed by atoms with Crippen LogP contribution in [0.4, 0.5) is 0 Å². The maximum absolute atomic E-state index is 12.0. The molecular formula is C13H22N2O2. The number of carbonyl (C=O) groups excluding carboxylic acids is 1. The van der Waals surface area contributed by atoms with Crippen LogP contribution < -0.4 is 10.6 Å². The maximum Gasteiger partial charge on any atom is 0.239 e. The van der Waals surface area contributed by atoms with Crippen molar-refractivity contribution in [2.24, 2.45) is 0 Å². The van der Waals surface area contributed by atoms with Crippen LogP contribution in [-0.4, -0.2) is 24.0 Å². The lowest BCUT2D eigenvalue weighted by Crippen LogP contribution is -2.54. The zero-order valence-corrected chi connectivity index (χ0v) is 11.0. The van der Waals surface area contributed by atoms with Crippen LogP contribution in [0.1, 0.15) is 33.5 Å². The van der Waals surface area contributed by atoms with Gasteiger partial charge in [-0.25, -0.2) is 0 Å². The molecule has 0 aromatic carbocycles. The minimum atomic E-state index is -0.536. The fraction of sp³-hybridized carbons (Fsp3) is 0.615. The SMILES string of the molecule is CCNC(C)(C)C(=O)NC(C)Cc1ccco1. The summed E-state index contributed by atoms with van der Waals surface area (Å²) in [5, 5.41) is 6.13. The first-order valence-corrected chi connectivity index (χ1v) is 6.04. The molecule has 0 bridgehead atoms. The van der Waals surface area contributed by atoms with Crippen LogP contribution in [-0.2, 0) is 11.2 Å². The van der Waals surface area contributed by atoms with E-state index >= 15 is 0 Å². The molecule has 17 heavy (non-hydrogen) atoms. The first kappa shape index (κ1) is 13.8. The smallest absolute Gasteiger partial charge is 0.239 e. The van der Waals surface area contributed by atoms with Gasteiger partial charge in [-0.05, 0) is 39.4 Å². The molecular weight excluding hydrogens is 216 g/mol. The molecule has 1 heterocycles. The van der Waals surface area contributed by atoms with Crippen molar-refractivity contribution in [1.82, 2.24) is 10.6 Å². The van der Waals surface area contributed by atoms with Gasteiger partial charge in [0, 0.05) is 12.5 Å². The van der Waals surface area contributed by atoms with Crippen LogP contribution in [0.15, 0.2) is 22.8 Å². The molecule has 96 valence electrons. The molecule has 0 saturated heterocycles. The van der Waals surface area contributed by atoms with Crippen LogP contribution in [0, 0.1) is 0 Å². The minimum absolute atomic E-state index is 0.0124. The van der Waals surface area contributed by atoms with Crippen molar-refractivity contribution < 1.29 is 9.21 Å². The third-order valence-electron chi connectivity index (χ3n) is 2.65. The third-order valence-corrected chi connectivity index (χ3v) is 2.65. The summed E-state index contributed by atoms with van der Waals surface area (Å²) in [5.74, 6) is 0.900. The van der Waals surface area contributed by atoms with Gasteiger partial charge in [0.25, 0.3) is 0 Å². The number of nitrogens with one attached hydrogen (secondary N) is 2. The Morgan fingerprint density at radius 3 is 2.76 bits per heavy atom. The van der Waals surface area contributed by atoms with Crippen LogP contribution in [0.2, 0.25) is 0 Å². The van der Waals surface area contributed by atoms with E-state index in [1.807, 2.05) is 39.8 Å². The number of carbonyl (C=O) groups is 1. The molecule has 2 N–H and O–H groups in total. The van der Waals surface area contributed by atoms with Crippen molar-refractivity contribution in [2.45, 2.75) is 45.7 Å². The molecule has 1 amide bonds. The van der Waals surface area contributed by atoms with Gasteiger partial charge in [0.1, 0.15) is 5.76 Å². The molecule has 1 rings (SSSR count). The molecule has 0 saturated carbocycles. The second-order valence-corrected chi connectivity index (χ2v) is 4.81. The number of furan rings is 1. The highest BCUT2D eigenvalue weighted by Gasteiger charge is 2.27. The number of hydrogen-bond acceptors (Lipinski definition) is 3. The van der Waals surface area contributed by atoms with E-state index in [9.17, 15) is 4.79 Å².